The fraction of sp³-hybridized carbons (Fsp3) is 0.167. The van der Waals surface area contributed by atoms with E-state index in [2.05, 4.69) is 20.8 Å². The van der Waals surface area contributed by atoms with E-state index >= 15 is 0 Å². The van der Waals surface area contributed by atoms with Gasteiger partial charge < -0.3 is 5.32 Å². The highest BCUT2D eigenvalue weighted by Crippen LogP contribution is 2.30. The maximum absolute atomic E-state index is 14.3. The average Bonchev–Trinajstić information content (AvgIpc) is 3.26. The second kappa shape index (κ2) is 8.47. The number of nitrogens with zero attached hydrogens (tertiary/aromatic N) is 5. The topological polar surface area (TPSA) is 110 Å². The number of imide groups is 1. The van der Waals surface area contributed by atoms with Crippen molar-refractivity contribution in [2.45, 2.75) is 19.8 Å². The first-order valence-corrected chi connectivity index (χ1v) is 10.7. The summed E-state index contributed by atoms with van der Waals surface area (Å²) in [6.45, 7) is 1.77. The Kier molecular flexibility index (Phi) is 5.33. The molecule has 10 heteroatoms. The fourth-order valence-electron chi connectivity index (χ4n) is 4.11. The number of anilines is 1. The Labute approximate surface area is 193 Å². The van der Waals surface area contributed by atoms with Crippen molar-refractivity contribution in [3.63, 3.8) is 0 Å². The molecule has 4 aromatic rings. The lowest BCUT2D eigenvalue weighted by molar-refractivity contribution is -0.116. The first kappa shape index (κ1) is 21.4. The Balaban J connectivity index is 1.25. The lowest BCUT2D eigenvalue weighted by Gasteiger charge is -2.27. The predicted octanol–water partition coefficient (Wildman–Crippen LogP) is 3.28. The molecule has 9 nitrogen and oxygen atoms in total. The van der Waals surface area contributed by atoms with Crippen LogP contribution < -0.4 is 5.32 Å². The molecule has 34 heavy (non-hydrogen) atoms. The molecule has 0 aliphatic carbocycles. The Morgan fingerprint density at radius 1 is 1.03 bits per heavy atom. The van der Waals surface area contributed by atoms with Gasteiger partial charge in [0.25, 0.3) is 11.8 Å². The van der Waals surface area contributed by atoms with Crippen LogP contribution in [0.25, 0.3) is 16.5 Å². The van der Waals surface area contributed by atoms with Crippen LogP contribution >= 0.6 is 0 Å². The van der Waals surface area contributed by atoms with Crippen molar-refractivity contribution in [1.82, 2.24) is 25.1 Å². The molecular formula is C24H19FN6O3. The maximum atomic E-state index is 14.3. The van der Waals surface area contributed by atoms with E-state index in [1.807, 2.05) is 12.1 Å². The second-order valence-electron chi connectivity index (χ2n) is 7.92. The van der Waals surface area contributed by atoms with Gasteiger partial charge in [0.2, 0.25) is 5.91 Å². The summed E-state index contributed by atoms with van der Waals surface area (Å²) >= 11 is 0. The quantitative estimate of drug-likeness (QED) is 0.444. The Morgan fingerprint density at radius 3 is 2.38 bits per heavy atom. The molecule has 0 bridgehead atoms. The van der Waals surface area contributed by atoms with Crippen LogP contribution in [0.3, 0.4) is 0 Å². The SMILES string of the molecule is Cc1nnnn1-c1ccc(F)c(NC(=O)CCCN2C(=O)c3cccc4cccc(c34)C2=O)c1. The van der Waals surface area contributed by atoms with Crippen LogP contribution in [0.1, 0.15) is 39.4 Å². The van der Waals surface area contributed by atoms with Gasteiger partial charge in [0.1, 0.15) is 5.82 Å². The number of hydrogen-bond acceptors (Lipinski definition) is 6. The average molecular weight is 458 g/mol. The van der Waals surface area contributed by atoms with Gasteiger partial charge in [-0.3, -0.25) is 19.3 Å². The summed E-state index contributed by atoms with van der Waals surface area (Å²) in [5, 5.41) is 15.2. The molecule has 0 unspecified atom stereocenters. The number of amides is 3. The highest BCUT2D eigenvalue weighted by molar-refractivity contribution is 6.25. The minimum atomic E-state index is -0.603. The largest absolute Gasteiger partial charge is 0.324 e. The summed E-state index contributed by atoms with van der Waals surface area (Å²) in [5.41, 5.74) is 1.42. The zero-order valence-corrected chi connectivity index (χ0v) is 18.2. The molecule has 3 amide bonds. The first-order valence-electron chi connectivity index (χ1n) is 10.7. The van der Waals surface area contributed by atoms with Crippen LogP contribution in [-0.2, 0) is 4.79 Å². The molecule has 0 radical (unpaired) electrons. The maximum Gasteiger partial charge on any atom is 0.261 e. The van der Waals surface area contributed by atoms with Crippen molar-refractivity contribution in [2.75, 3.05) is 11.9 Å². The number of rotatable bonds is 6. The van der Waals surface area contributed by atoms with Crippen LogP contribution in [0.15, 0.2) is 54.6 Å². The summed E-state index contributed by atoms with van der Waals surface area (Å²) in [6, 6.07) is 14.8. The normalized spacial score (nSPS) is 12.9. The van der Waals surface area contributed by atoms with E-state index in [1.54, 1.807) is 31.2 Å². The molecule has 1 aliphatic heterocycles. The molecule has 0 saturated heterocycles. The molecule has 1 aromatic heterocycles. The van der Waals surface area contributed by atoms with Crippen molar-refractivity contribution < 1.29 is 18.8 Å². The third kappa shape index (κ3) is 3.68. The molecule has 0 spiro atoms. The summed E-state index contributed by atoms with van der Waals surface area (Å²) in [6.07, 6.45) is 0.228. The summed E-state index contributed by atoms with van der Waals surface area (Å²) < 4.78 is 15.7. The predicted molar refractivity (Wildman–Crippen MR) is 121 cm³/mol. The number of hydrogen-bond donors (Lipinski definition) is 1. The lowest BCUT2D eigenvalue weighted by Crippen LogP contribution is -2.41. The van der Waals surface area contributed by atoms with E-state index in [9.17, 15) is 18.8 Å². The van der Waals surface area contributed by atoms with E-state index in [1.165, 1.54) is 22.9 Å². The van der Waals surface area contributed by atoms with Gasteiger partial charge in [0, 0.05) is 29.5 Å². The fourth-order valence-corrected chi connectivity index (χ4v) is 4.11. The summed E-state index contributed by atoms with van der Waals surface area (Å²) in [5.74, 6) is -1.30. The summed E-state index contributed by atoms with van der Waals surface area (Å²) in [4.78, 5) is 39.5. The Bertz CT molecular complexity index is 1410. The number of benzene rings is 3. The van der Waals surface area contributed by atoms with Gasteiger partial charge in [-0.1, -0.05) is 24.3 Å². The molecule has 170 valence electrons. The third-order valence-corrected chi connectivity index (χ3v) is 5.74. The Hall–Kier alpha value is -4.47. The minimum absolute atomic E-state index is 0.00349. The highest BCUT2D eigenvalue weighted by Gasteiger charge is 2.32. The van der Waals surface area contributed by atoms with Gasteiger partial charge in [-0.25, -0.2) is 4.39 Å². The van der Waals surface area contributed by atoms with E-state index in [4.69, 9.17) is 0 Å². The number of nitrogens with one attached hydrogen (secondary N) is 1. The van der Waals surface area contributed by atoms with Crippen LogP contribution in [0, 0.1) is 12.7 Å². The van der Waals surface area contributed by atoms with Crippen LogP contribution in [0.2, 0.25) is 0 Å². The molecule has 2 heterocycles. The van der Waals surface area contributed by atoms with Gasteiger partial charge in [0.05, 0.1) is 11.4 Å². The van der Waals surface area contributed by atoms with Gasteiger partial charge in [-0.05, 0) is 59.5 Å². The molecule has 0 atom stereocenters. The number of carbonyl (C=O) groups excluding carboxylic acids is 3. The van der Waals surface area contributed by atoms with Crippen molar-refractivity contribution in [3.8, 4) is 5.69 Å². The number of aromatic nitrogens is 4. The standard InChI is InChI=1S/C24H19FN6O3/c1-14-27-28-29-31(14)16-10-11-19(25)20(13-16)26-21(32)9-4-12-30-23(33)17-7-2-5-15-6-3-8-18(22(15)17)24(30)34/h2-3,5-8,10-11,13H,4,9,12H2,1H3,(H,26,32). The van der Waals surface area contributed by atoms with Crippen LogP contribution in [-0.4, -0.2) is 49.4 Å². The van der Waals surface area contributed by atoms with Gasteiger partial charge in [-0.2, -0.15) is 4.68 Å². The first-order chi connectivity index (χ1) is 16.4. The number of halogens is 1. The monoisotopic (exact) mass is 458 g/mol. The molecule has 3 aromatic carbocycles. The number of tetrazole rings is 1. The highest BCUT2D eigenvalue weighted by atomic mass is 19.1. The van der Waals surface area contributed by atoms with Crippen LogP contribution in [0.5, 0.6) is 0 Å². The smallest absolute Gasteiger partial charge is 0.261 e. The lowest BCUT2D eigenvalue weighted by atomic mass is 9.94. The second-order valence-corrected chi connectivity index (χ2v) is 7.92. The van der Waals surface area contributed by atoms with Crippen molar-refractivity contribution >= 4 is 34.2 Å². The van der Waals surface area contributed by atoms with Gasteiger partial charge in [0.15, 0.2) is 5.82 Å². The van der Waals surface area contributed by atoms with E-state index < -0.39 is 11.7 Å². The van der Waals surface area contributed by atoms with E-state index in [0.717, 1.165) is 10.3 Å². The molecule has 0 saturated carbocycles. The van der Waals surface area contributed by atoms with E-state index in [0.29, 0.717) is 28.0 Å². The Morgan fingerprint density at radius 2 is 1.74 bits per heavy atom. The molecule has 1 N–H and O–H groups in total. The van der Waals surface area contributed by atoms with Crippen LogP contribution in [0.4, 0.5) is 10.1 Å². The molecule has 1 aliphatic rings. The number of aryl methyl sites for hydroxylation is 1. The van der Waals surface area contributed by atoms with Gasteiger partial charge in [-0.15, -0.1) is 5.10 Å². The molecule has 5 rings (SSSR count). The van der Waals surface area contributed by atoms with Crippen molar-refractivity contribution in [1.29, 1.82) is 0 Å². The molecular weight excluding hydrogens is 439 g/mol. The van der Waals surface area contributed by atoms with Crippen molar-refractivity contribution in [3.05, 3.63) is 77.4 Å². The number of carbonyl (C=O) groups is 3. The van der Waals surface area contributed by atoms with Crippen molar-refractivity contribution in [2.24, 2.45) is 0 Å². The summed E-state index contributed by atoms with van der Waals surface area (Å²) in [7, 11) is 0. The zero-order chi connectivity index (χ0) is 23.8. The minimum Gasteiger partial charge on any atom is -0.324 e. The zero-order valence-electron chi connectivity index (χ0n) is 18.2. The molecule has 0 fully saturated rings. The van der Waals surface area contributed by atoms with E-state index in [-0.39, 0.29) is 36.9 Å². The third-order valence-electron chi connectivity index (χ3n) is 5.74. The van der Waals surface area contributed by atoms with Gasteiger partial charge >= 0.3 is 0 Å².